The first-order valence-corrected chi connectivity index (χ1v) is 7.82. The highest BCUT2D eigenvalue weighted by atomic mass is 16.5. The number of nitrogens with one attached hydrogen (secondary N) is 1. The van der Waals surface area contributed by atoms with Crippen molar-refractivity contribution >= 4 is 11.8 Å². The molecule has 120 valence electrons. The van der Waals surface area contributed by atoms with Gasteiger partial charge >= 0.3 is 0 Å². The molecule has 2 amide bonds. The Morgan fingerprint density at radius 1 is 1.32 bits per heavy atom. The molecule has 5 heteroatoms. The quantitative estimate of drug-likeness (QED) is 0.901. The Morgan fingerprint density at radius 3 is 2.68 bits per heavy atom. The van der Waals surface area contributed by atoms with E-state index in [1.807, 2.05) is 36.1 Å². The van der Waals surface area contributed by atoms with Crippen molar-refractivity contribution in [3.8, 4) is 5.75 Å². The number of amides is 2. The van der Waals surface area contributed by atoms with Gasteiger partial charge in [0.15, 0.2) is 0 Å². The Bertz CT molecular complexity index is 522. The van der Waals surface area contributed by atoms with Gasteiger partial charge in [0, 0.05) is 25.6 Å². The number of benzene rings is 1. The Kier molecular flexibility index (Phi) is 5.81. The number of carbonyl (C=O) groups excluding carboxylic acids is 2. The number of likely N-dealkylation sites (tertiary alicyclic amines) is 1. The molecule has 1 heterocycles. The van der Waals surface area contributed by atoms with Gasteiger partial charge in [-0.3, -0.25) is 9.59 Å². The van der Waals surface area contributed by atoms with Crippen molar-refractivity contribution in [1.82, 2.24) is 10.2 Å². The van der Waals surface area contributed by atoms with E-state index in [1.165, 1.54) is 0 Å². The molecule has 0 spiro atoms. The third-order valence-corrected chi connectivity index (χ3v) is 4.01. The van der Waals surface area contributed by atoms with Gasteiger partial charge in [0.2, 0.25) is 11.8 Å². The zero-order valence-electron chi connectivity index (χ0n) is 13.3. The van der Waals surface area contributed by atoms with Gasteiger partial charge in [-0.15, -0.1) is 0 Å². The Morgan fingerprint density at radius 2 is 2.05 bits per heavy atom. The minimum Gasteiger partial charge on any atom is -0.497 e. The van der Waals surface area contributed by atoms with E-state index < -0.39 is 0 Å². The fourth-order valence-corrected chi connectivity index (χ4v) is 2.74. The molecule has 1 aliphatic rings. The third kappa shape index (κ3) is 4.48. The van der Waals surface area contributed by atoms with Gasteiger partial charge in [-0.05, 0) is 30.5 Å². The molecule has 0 atom stereocenters. The van der Waals surface area contributed by atoms with Crippen LogP contribution in [-0.4, -0.2) is 43.0 Å². The molecule has 1 aliphatic heterocycles. The van der Waals surface area contributed by atoms with Gasteiger partial charge in [-0.25, -0.2) is 0 Å². The van der Waals surface area contributed by atoms with Gasteiger partial charge in [-0.2, -0.15) is 0 Å². The van der Waals surface area contributed by atoms with E-state index in [9.17, 15) is 9.59 Å². The highest BCUT2D eigenvalue weighted by Gasteiger charge is 2.22. The Hall–Kier alpha value is -2.04. The maximum absolute atomic E-state index is 12.1. The molecule has 0 unspecified atom stereocenters. The van der Waals surface area contributed by atoms with Gasteiger partial charge in [0.05, 0.1) is 13.5 Å². The predicted molar refractivity (Wildman–Crippen MR) is 84.7 cm³/mol. The first-order valence-electron chi connectivity index (χ1n) is 7.82. The number of piperidine rings is 1. The first-order chi connectivity index (χ1) is 10.6. The number of carbonyl (C=O) groups is 2. The number of hydrogen-bond acceptors (Lipinski definition) is 3. The van der Waals surface area contributed by atoms with Crippen LogP contribution in [0.2, 0.25) is 0 Å². The van der Waals surface area contributed by atoms with Crippen molar-refractivity contribution in [2.24, 2.45) is 0 Å². The Labute approximate surface area is 131 Å². The molecule has 1 aromatic carbocycles. The summed E-state index contributed by atoms with van der Waals surface area (Å²) in [7, 11) is 1.62. The van der Waals surface area contributed by atoms with E-state index >= 15 is 0 Å². The first kappa shape index (κ1) is 16.3. The van der Waals surface area contributed by atoms with Crippen LogP contribution in [0.1, 0.15) is 31.7 Å². The molecule has 0 saturated carbocycles. The van der Waals surface area contributed by atoms with Crippen molar-refractivity contribution in [3.63, 3.8) is 0 Å². The number of methoxy groups -OCH3 is 1. The molecular formula is C17H24N2O3. The van der Waals surface area contributed by atoms with Gasteiger partial charge < -0.3 is 15.0 Å². The van der Waals surface area contributed by atoms with Crippen molar-refractivity contribution in [2.75, 3.05) is 20.2 Å². The van der Waals surface area contributed by atoms with E-state index in [0.29, 0.717) is 12.8 Å². The van der Waals surface area contributed by atoms with Crippen LogP contribution >= 0.6 is 0 Å². The number of ether oxygens (including phenoxy) is 1. The molecule has 1 fully saturated rings. The SMILES string of the molecule is CCC(=O)N1CCC(NC(=O)Cc2cccc(OC)c2)CC1. The van der Waals surface area contributed by atoms with Crippen molar-refractivity contribution in [1.29, 1.82) is 0 Å². The fraction of sp³-hybridized carbons (Fsp3) is 0.529. The third-order valence-electron chi connectivity index (χ3n) is 4.01. The standard InChI is InChI=1S/C17H24N2O3/c1-3-17(21)19-9-7-14(8-10-19)18-16(20)12-13-5-4-6-15(11-13)22-2/h4-6,11,14H,3,7-10,12H2,1-2H3,(H,18,20). The van der Waals surface area contributed by atoms with Gasteiger partial charge in [0.1, 0.15) is 5.75 Å². The summed E-state index contributed by atoms with van der Waals surface area (Å²) in [6, 6.07) is 7.71. The summed E-state index contributed by atoms with van der Waals surface area (Å²) in [5.74, 6) is 0.978. The summed E-state index contributed by atoms with van der Waals surface area (Å²) in [5.41, 5.74) is 0.940. The lowest BCUT2D eigenvalue weighted by atomic mass is 10.0. The van der Waals surface area contributed by atoms with Crippen LogP contribution < -0.4 is 10.1 Å². The molecule has 1 N–H and O–H groups in total. The molecule has 5 nitrogen and oxygen atoms in total. The lowest BCUT2D eigenvalue weighted by Crippen LogP contribution is -2.46. The second-order valence-corrected chi connectivity index (χ2v) is 5.60. The van der Waals surface area contributed by atoms with Crippen LogP contribution in [0.3, 0.4) is 0 Å². The number of nitrogens with zero attached hydrogens (tertiary/aromatic N) is 1. The van der Waals surface area contributed by atoms with Crippen LogP contribution in [0.15, 0.2) is 24.3 Å². The summed E-state index contributed by atoms with van der Waals surface area (Å²) in [5, 5.41) is 3.06. The molecular weight excluding hydrogens is 280 g/mol. The number of rotatable bonds is 5. The van der Waals surface area contributed by atoms with Crippen LogP contribution in [0.4, 0.5) is 0 Å². The maximum atomic E-state index is 12.1. The zero-order chi connectivity index (χ0) is 15.9. The van der Waals surface area contributed by atoms with E-state index in [4.69, 9.17) is 4.74 Å². The molecule has 0 aromatic heterocycles. The maximum Gasteiger partial charge on any atom is 0.224 e. The van der Waals surface area contributed by atoms with E-state index in [0.717, 1.165) is 37.2 Å². The number of hydrogen-bond donors (Lipinski definition) is 1. The zero-order valence-corrected chi connectivity index (χ0v) is 13.3. The highest BCUT2D eigenvalue weighted by Crippen LogP contribution is 2.14. The monoisotopic (exact) mass is 304 g/mol. The van der Waals surface area contributed by atoms with Crippen LogP contribution in [-0.2, 0) is 16.0 Å². The summed E-state index contributed by atoms with van der Waals surface area (Å²) in [4.78, 5) is 25.6. The van der Waals surface area contributed by atoms with E-state index in [2.05, 4.69) is 5.32 Å². The highest BCUT2D eigenvalue weighted by molar-refractivity contribution is 5.79. The molecule has 1 aromatic rings. The minimum atomic E-state index is 0.0218. The predicted octanol–water partition coefficient (Wildman–Crippen LogP) is 1.75. The van der Waals surface area contributed by atoms with Crippen LogP contribution in [0.5, 0.6) is 5.75 Å². The van der Waals surface area contributed by atoms with Gasteiger partial charge in [-0.1, -0.05) is 19.1 Å². The lowest BCUT2D eigenvalue weighted by Gasteiger charge is -2.32. The fourth-order valence-electron chi connectivity index (χ4n) is 2.74. The van der Waals surface area contributed by atoms with Crippen molar-refractivity contribution in [3.05, 3.63) is 29.8 Å². The molecule has 2 rings (SSSR count). The van der Waals surface area contributed by atoms with E-state index in [-0.39, 0.29) is 17.9 Å². The largest absolute Gasteiger partial charge is 0.497 e. The van der Waals surface area contributed by atoms with Crippen molar-refractivity contribution < 1.29 is 14.3 Å². The second kappa shape index (κ2) is 7.82. The summed E-state index contributed by atoms with van der Waals surface area (Å²) < 4.78 is 5.16. The summed E-state index contributed by atoms with van der Waals surface area (Å²) in [6.07, 6.45) is 2.56. The second-order valence-electron chi connectivity index (χ2n) is 5.60. The van der Waals surface area contributed by atoms with Crippen molar-refractivity contribution in [2.45, 2.75) is 38.6 Å². The smallest absolute Gasteiger partial charge is 0.224 e. The average molecular weight is 304 g/mol. The Balaban J connectivity index is 1.79. The molecule has 0 bridgehead atoms. The topological polar surface area (TPSA) is 58.6 Å². The molecule has 1 saturated heterocycles. The van der Waals surface area contributed by atoms with Gasteiger partial charge in [0.25, 0.3) is 0 Å². The molecule has 0 radical (unpaired) electrons. The van der Waals surface area contributed by atoms with E-state index in [1.54, 1.807) is 7.11 Å². The lowest BCUT2D eigenvalue weighted by molar-refractivity contribution is -0.132. The average Bonchev–Trinajstić information content (AvgIpc) is 2.55. The van der Waals surface area contributed by atoms with Crippen LogP contribution in [0.25, 0.3) is 0 Å². The van der Waals surface area contributed by atoms with Crippen LogP contribution in [0, 0.1) is 0 Å². The summed E-state index contributed by atoms with van der Waals surface area (Å²) in [6.45, 7) is 3.35. The summed E-state index contributed by atoms with van der Waals surface area (Å²) >= 11 is 0. The normalized spacial score (nSPS) is 15.5. The minimum absolute atomic E-state index is 0.0218. The molecule has 22 heavy (non-hydrogen) atoms. The molecule has 0 aliphatic carbocycles.